The van der Waals surface area contributed by atoms with Crippen molar-refractivity contribution in [2.24, 2.45) is 11.8 Å². The van der Waals surface area contributed by atoms with E-state index in [-0.39, 0.29) is 16.6 Å². The van der Waals surface area contributed by atoms with E-state index in [2.05, 4.69) is 34.9 Å². The highest BCUT2D eigenvalue weighted by atomic mass is 32.1. The second-order valence-electron chi connectivity index (χ2n) is 8.37. The molecule has 0 radical (unpaired) electrons. The number of fused-ring (bicyclic) bond motifs is 1. The third-order valence-electron chi connectivity index (χ3n) is 6.44. The average Bonchev–Trinajstić information content (AvgIpc) is 3.44. The highest BCUT2D eigenvalue weighted by Crippen LogP contribution is 2.29. The molecule has 3 aliphatic rings. The summed E-state index contributed by atoms with van der Waals surface area (Å²) in [6.45, 7) is 1.02. The monoisotopic (exact) mass is 442 g/mol. The van der Waals surface area contributed by atoms with Crippen molar-refractivity contribution in [3.63, 3.8) is 0 Å². The number of carbonyl (C=O) groups excluding carboxylic acids is 2. The SMILES string of the molecule is O=C(CCCC1=Cc2ccccc2C1)C1C(=S)CN[C@@H]1C(=O)C1CCN[C@@H]1C(O)=S. The first-order valence-corrected chi connectivity index (χ1v) is 11.3. The van der Waals surface area contributed by atoms with Gasteiger partial charge in [0.25, 0.3) is 0 Å². The molecule has 2 saturated heterocycles. The largest absolute Gasteiger partial charge is 0.501 e. The van der Waals surface area contributed by atoms with E-state index in [1.165, 1.54) is 16.7 Å². The maximum Gasteiger partial charge on any atom is 0.174 e. The van der Waals surface area contributed by atoms with Crippen LogP contribution in [-0.4, -0.2) is 51.8 Å². The number of aliphatic hydroxyl groups excluding tert-OH is 1. The van der Waals surface area contributed by atoms with Crippen LogP contribution in [0.25, 0.3) is 6.08 Å². The first-order valence-electron chi connectivity index (χ1n) is 10.5. The molecule has 4 atom stereocenters. The molecule has 1 aromatic rings. The molecule has 0 bridgehead atoms. The molecule has 0 amide bonds. The average molecular weight is 443 g/mol. The summed E-state index contributed by atoms with van der Waals surface area (Å²) >= 11 is 10.3. The van der Waals surface area contributed by atoms with Crippen molar-refractivity contribution in [3.8, 4) is 0 Å². The fourth-order valence-electron chi connectivity index (χ4n) is 4.91. The van der Waals surface area contributed by atoms with Crippen LogP contribution in [0.15, 0.2) is 29.8 Å². The van der Waals surface area contributed by atoms with Crippen molar-refractivity contribution < 1.29 is 14.7 Å². The van der Waals surface area contributed by atoms with Crippen molar-refractivity contribution >= 4 is 52.0 Å². The lowest BCUT2D eigenvalue weighted by Crippen LogP contribution is -2.47. The Morgan fingerprint density at radius 1 is 1.17 bits per heavy atom. The van der Waals surface area contributed by atoms with Crippen LogP contribution in [0.4, 0.5) is 0 Å². The van der Waals surface area contributed by atoms with E-state index in [4.69, 9.17) is 24.4 Å². The Balaban J connectivity index is 1.35. The van der Waals surface area contributed by atoms with Crippen LogP contribution >= 0.6 is 24.4 Å². The molecule has 3 N–H and O–H groups in total. The molecule has 30 heavy (non-hydrogen) atoms. The number of thiocarbonyl (C=S) groups is 2. The van der Waals surface area contributed by atoms with Crippen LogP contribution < -0.4 is 10.6 Å². The summed E-state index contributed by atoms with van der Waals surface area (Å²) in [4.78, 5) is 26.8. The second-order valence-corrected chi connectivity index (χ2v) is 9.31. The molecule has 7 heteroatoms. The van der Waals surface area contributed by atoms with E-state index >= 15 is 0 Å². The molecular formula is C23H26N2O3S2. The normalized spacial score (nSPS) is 27.7. The molecule has 0 saturated carbocycles. The quantitative estimate of drug-likeness (QED) is 0.534. The molecule has 1 aromatic carbocycles. The Bertz CT molecular complexity index is 927. The van der Waals surface area contributed by atoms with Crippen LogP contribution in [0.2, 0.25) is 0 Å². The van der Waals surface area contributed by atoms with E-state index in [0.29, 0.717) is 30.8 Å². The highest BCUT2D eigenvalue weighted by Gasteiger charge is 2.46. The number of nitrogens with one attached hydrogen (secondary N) is 2. The standard InChI is InChI=1S/C23H26N2O3S2/c26-17(7-3-4-13-10-14-5-1-2-6-15(14)11-13)19-18(29)12-25-21(19)22(27)16-8-9-24-20(16)23(28)30/h1-2,5-6,10,16,19-21,24-25H,3-4,7-9,11-12H2,(H,28,30)/t16?,19?,20-,21-/m0/s1. The second kappa shape index (κ2) is 9.14. The number of carbonyl (C=O) groups is 2. The summed E-state index contributed by atoms with van der Waals surface area (Å²) < 4.78 is 0. The summed E-state index contributed by atoms with van der Waals surface area (Å²) in [5.41, 5.74) is 3.96. The van der Waals surface area contributed by atoms with Gasteiger partial charge in [-0.05, 0) is 55.6 Å². The summed E-state index contributed by atoms with van der Waals surface area (Å²) in [5, 5.41) is 15.7. The summed E-state index contributed by atoms with van der Waals surface area (Å²) in [6.07, 6.45) is 5.82. The number of benzene rings is 1. The molecule has 2 aliphatic heterocycles. The minimum atomic E-state index is -0.610. The van der Waals surface area contributed by atoms with Crippen molar-refractivity contribution in [3.05, 3.63) is 41.0 Å². The van der Waals surface area contributed by atoms with Crippen LogP contribution in [-0.2, 0) is 16.0 Å². The van der Waals surface area contributed by atoms with E-state index in [0.717, 1.165) is 19.3 Å². The predicted octanol–water partition coefficient (Wildman–Crippen LogP) is 2.76. The summed E-state index contributed by atoms with van der Waals surface area (Å²) in [6, 6.07) is 7.23. The maximum absolute atomic E-state index is 13.1. The third kappa shape index (κ3) is 4.30. The molecular weight excluding hydrogens is 416 g/mol. The van der Waals surface area contributed by atoms with Crippen LogP contribution in [0.5, 0.6) is 0 Å². The van der Waals surface area contributed by atoms with Gasteiger partial charge in [-0.2, -0.15) is 0 Å². The van der Waals surface area contributed by atoms with Crippen molar-refractivity contribution in [2.75, 3.05) is 13.1 Å². The number of hydrogen-bond acceptors (Lipinski definition) is 6. The van der Waals surface area contributed by atoms with Crippen LogP contribution in [0, 0.1) is 11.8 Å². The summed E-state index contributed by atoms with van der Waals surface area (Å²) in [7, 11) is 0. The maximum atomic E-state index is 13.1. The number of Topliss-reactive ketones (excluding diaryl/α,β-unsaturated/α-hetero) is 2. The van der Waals surface area contributed by atoms with Crippen LogP contribution in [0.3, 0.4) is 0 Å². The van der Waals surface area contributed by atoms with E-state index in [9.17, 15) is 14.7 Å². The van der Waals surface area contributed by atoms with Gasteiger partial charge in [0.05, 0.1) is 18.0 Å². The van der Waals surface area contributed by atoms with Gasteiger partial charge in [-0.25, -0.2) is 0 Å². The Kier molecular flexibility index (Phi) is 6.53. The van der Waals surface area contributed by atoms with Crippen molar-refractivity contribution in [1.29, 1.82) is 0 Å². The molecule has 2 fully saturated rings. The minimum Gasteiger partial charge on any atom is -0.501 e. The Morgan fingerprint density at radius 2 is 1.97 bits per heavy atom. The molecule has 5 nitrogen and oxygen atoms in total. The van der Waals surface area contributed by atoms with Gasteiger partial charge in [0, 0.05) is 23.7 Å². The van der Waals surface area contributed by atoms with Gasteiger partial charge >= 0.3 is 0 Å². The molecule has 1 aliphatic carbocycles. The zero-order valence-corrected chi connectivity index (χ0v) is 18.4. The Morgan fingerprint density at radius 3 is 2.73 bits per heavy atom. The first-order chi connectivity index (χ1) is 14.5. The van der Waals surface area contributed by atoms with Gasteiger partial charge in [-0.3, -0.25) is 9.59 Å². The lowest BCUT2D eigenvalue weighted by Gasteiger charge is -2.23. The van der Waals surface area contributed by atoms with E-state index in [1.54, 1.807) is 0 Å². The Labute approximate surface area is 187 Å². The molecule has 4 rings (SSSR count). The summed E-state index contributed by atoms with van der Waals surface area (Å²) in [5.74, 6) is -1.02. The van der Waals surface area contributed by atoms with Gasteiger partial charge in [-0.1, -0.05) is 48.1 Å². The van der Waals surface area contributed by atoms with Gasteiger partial charge < -0.3 is 15.7 Å². The lowest BCUT2D eigenvalue weighted by molar-refractivity contribution is -0.129. The first kappa shape index (κ1) is 21.4. The number of aliphatic hydroxyl groups is 1. The predicted molar refractivity (Wildman–Crippen MR) is 125 cm³/mol. The highest BCUT2D eigenvalue weighted by molar-refractivity contribution is 7.80. The molecule has 2 heterocycles. The van der Waals surface area contributed by atoms with Crippen molar-refractivity contribution in [2.45, 2.75) is 44.2 Å². The number of hydrogen-bond donors (Lipinski definition) is 3. The minimum absolute atomic E-state index is 0.0357. The van der Waals surface area contributed by atoms with Gasteiger partial charge in [0.1, 0.15) is 5.78 Å². The topological polar surface area (TPSA) is 78.4 Å². The van der Waals surface area contributed by atoms with Gasteiger partial charge in [0.2, 0.25) is 0 Å². The lowest BCUT2D eigenvalue weighted by atomic mass is 9.83. The zero-order valence-electron chi connectivity index (χ0n) is 16.7. The van der Waals surface area contributed by atoms with Crippen LogP contribution in [0.1, 0.15) is 36.8 Å². The van der Waals surface area contributed by atoms with E-state index in [1.807, 2.05) is 6.07 Å². The van der Waals surface area contributed by atoms with E-state index < -0.39 is 23.9 Å². The molecule has 0 spiro atoms. The zero-order chi connectivity index (χ0) is 21.3. The van der Waals surface area contributed by atoms with Crippen molar-refractivity contribution in [1.82, 2.24) is 10.6 Å². The fraction of sp³-hybridized carbons (Fsp3) is 0.478. The van der Waals surface area contributed by atoms with Gasteiger partial charge in [0.15, 0.2) is 10.8 Å². The smallest absolute Gasteiger partial charge is 0.174 e. The molecule has 0 aromatic heterocycles. The van der Waals surface area contributed by atoms with Gasteiger partial charge in [-0.15, -0.1) is 0 Å². The fourth-order valence-corrected chi connectivity index (χ4v) is 5.51. The number of ketones is 2. The number of allylic oxidation sites excluding steroid dienone is 1. The Hall–Kier alpha value is -1.80. The number of rotatable bonds is 8. The molecule has 2 unspecified atom stereocenters. The third-order valence-corrected chi connectivity index (χ3v) is 7.09. The molecule has 158 valence electrons.